The van der Waals surface area contributed by atoms with Crippen molar-refractivity contribution in [1.29, 1.82) is 0 Å². The van der Waals surface area contributed by atoms with E-state index in [4.69, 9.17) is 0 Å². The Bertz CT molecular complexity index is 314. The third kappa shape index (κ3) is 4.29. The summed E-state index contributed by atoms with van der Waals surface area (Å²) in [7, 11) is 0. The van der Waals surface area contributed by atoms with Gasteiger partial charge >= 0.3 is 0 Å². The second-order valence-corrected chi connectivity index (χ2v) is 3.09. The predicted octanol–water partition coefficient (Wildman–Crippen LogP) is 2.36. The average Bonchev–Trinajstić information content (AvgIpc) is 2.18. The van der Waals surface area contributed by atoms with E-state index in [2.05, 4.69) is 5.32 Å². The molecule has 0 aliphatic carbocycles. The van der Waals surface area contributed by atoms with Gasteiger partial charge < -0.3 is 5.32 Å². The second-order valence-electron chi connectivity index (χ2n) is 3.09. The van der Waals surface area contributed by atoms with Crippen molar-refractivity contribution in [3.05, 3.63) is 35.4 Å². The van der Waals surface area contributed by atoms with Crippen molar-refractivity contribution in [3.63, 3.8) is 0 Å². The molecule has 0 aromatic heterocycles. The highest BCUT2D eigenvalue weighted by Crippen LogP contribution is 2.08. The fourth-order valence-corrected chi connectivity index (χ4v) is 1.14. The van der Waals surface area contributed by atoms with E-state index in [0.717, 1.165) is 12.1 Å². The normalized spacial score (nSPS) is 11.0. The molecule has 1 aromatic carbocycles. The lowest BCUT2D eigenvalue weighted by Crippen LogP contribution is -2.23. The molecule has 0 aliphatic heterocycles. The summed E-state index contributed by atoms with van der Waals surface area (Å²) in [6, 6.07) is 3.53. The summed E-state index contributed by atoms with van der Waals surface area (Å²) in [5.74, 6) is -1.82. The van der Waals surface area contributed by atoms with E-state index in [1.807, 2.05) is 0 Å². The first-order valence-corrected chi connectivity index (χ1v) is 4.52. The zero-order valence-electron chi connectivity index (χ0n) is 7.94. The van der Waals surface area contributed by atoms with Gasteiger partial charge in [0.2, 0.25) is 0 Å². The van der Waals surface area contributed by atoms with Crippen LogP contribution in [-0.2, 0) is 6.42 Å². The molecule has 1 N–H and O–H groups in total. The average molecular weight is 221 g/mol. The smallest absolute Gasteiger partial charge is 0.250 e. The lowest BCUT2D eigenvalue weighted by Gasteiger charge is -2.04. The van der Waals surface area contributed by atoms with Crippen LogP contribution in [0.3, 0.4) is 0 Å². The number of hydrogen-bond donors (Lipinski definition) is 1. The lowest BCUT2D eigenvalue weighted by atomic mass is 10.1. The van der Waals surface area contributed by atoms with Crippen LogP contribution >= 0.6 is 0 Å². The molecule has 0 aliphatic rings. The molecule has 0 saturated carbocycles. The fourth-order valence-electron chi connectivity index (χ4n) is 1.14. The zero-order valence-corrected chi connectivity index (χ0v) is 7.94. The molecule has 0 fully saturated rings. The SMILES string of the molecule is Fc1ccc(CCNCC(F)F)cc1F. The fraction of sp³-hybridized carbons (Fsp3) is 0.400. The molecule has 5 heteroatoms. The first kappa shape index (κ1) is 12.0. The van der Waals surface area contributed by atoms with Crippen LogP contribution in [0, 0.1) is 11.6 Å². The van der Waals surface area contributed by atoms with Gasteiger partial charge in [-0.05, 0) is 30.7 Å². The molecular formula is C10H11F4N. The van der Waals surface area contributed by atoms with E-state index < -0.39 is 18.1 Å². The molecule has 0 radical (unpaired) electrons. The van der Waals surface area contributed by atoms with Crippen LogP contribution in [0.25, 0.3) is 0 Å². The number of benzene rings is 1. The van der Waals surface area contributed by atoms with Gasteiger partial charge in [-0.15, -0.1) is 0 Å². The Kier molecular flexibility index (Phi) is 4.55. The van der Waals surface area contributed by atoms with Crippen molar-refractivity contribution in [2.75, 3.05) is 13.1 Å². The van der Waals surface area contributed by atoms with Crippen molar-refractivity contribution in [2.24, 2.45) is 0 Å². The van der Waals surface area contributed by atoms with Gasteiger partial charge in [-0.3, -0.25) is 0 Å². The summed E-state index contributed by atoms with van der Waals surface area (Å²) in [6.45, 7) is -0.0703. The Morgan fingerprint density at radius 1 is 1.13 bits per heavy atom. The van der Waals surface area contributed by atoms with Gasteiger partial charge in [0.25, 0.3) is 6.43 Å². The van der Waals surface area contributed by atoms with E-state index >= 15 is 0 Å². The van der Waals surface area contributed by atoms with E-state index in [1.165, 1.54) is 6.07 Å². The molecule has 0 heterocycles. The van der Waals surface area contributed by atoms with Crippen LogP contribution in [0.1, 0.15) is 5.56 Å². The molecule has 0 atom stereocenters. The minimum Gasteiger partial charge on any atom is -0.311 e. The third-order valence-corrected chi connectivity index (χ3v) is 1.87. The van der Waals surface area contributed by atoms with Gasteiger partial charge in [0.15, 0.2) is 11.6 Å². The number of alkyl halides is 2. The molecule has 1 aromatic rings. The van der Waals surface area contributed by atoms with Crippen molar-refractivity contribution < 1.29 is 17.6 Å². The van der Waals surface area contributed by atoms with Crippen molar-refractivity contribution >= 4 is 0 Å². The molecule has 0 bridgehead atoms. The van der Waals surface area contributed by atoms with Crippen molar-refractivity contribution in [1.82, 2.24) is 5.32 Å². The molecule has 0 spiro atoms. The first-order chi connectivity index (χ1) is 7.09. The van der Waals surface area contributed by atoms with Gasteiger partial charge in [0.1, 0.15) is 0 Å². The lowest BCUT2D eigenvalue weighted by molar-refractivity contribution is 0.146. The van der Waals surface area contributed by atoms with Gasteiger partial charge in [0, 0.05) is 0 Å². The highest BCUT2D eigenvalue weighted by atomic mass is 19.3. The van der Waals surface area contributed by atoms with Crippen LogP contribution in [0.4, 0.5) is 17.6 Å². The van der Waals surface area contributed by atoms with Crippen LogP contribution in [0.15, 0.2) is 18.2 Å². The van der Waals surface area contributed by atoms with Crippen LogP contribution in [-0.4, -0.2) is 19.5 Å². The summed E-state index contributed by atoms with van der Waals surface area (Å²) < 4.78 is 48.6. The number of hydrogen-bond acceptors (Lipinski definition) is 1. The zero-order chi connectivity index (χ0) is 11.3. The molecule has 15 heavy (non-hydrogen) atoms. The standard InChI is InChI=1S/C10H11F4N/c11-8-2-1-7(5-9(8)12)3-4-15-6-10(13)14/h1-2,5,10,15H,3-4,6H2. The molecule has 0 amide bonds. The Balaban J connectivity index is 2.35. The van der Waals surface area contributed by atoms with E-state index in [0.29, 0.717) is 18.5 Å². The summed E-state index contributed by atoms with van der Waals surface area (Å²) in [6.07, 6.45) is -2.00. The molecule has 1 rings (SSSR count). The van der Waals surface area contributed by atoms with Crippen LogP contribution < -0.4 is 5.32 Å². The highest BCUT2D eigenvalue weighted by Gasteiger charge is 2.03. The maximum Gasteiger partial charge on any atom is 0.250 e. The molecule has 0 saturated heterocycles. The molecular weight excluding hydrogens is 210 g/mol. The molecule has 0 unspecified atom stereocenters. The summed E-state index contributed by atoms with van der Waals surface area (Å²) >= 11 is 0. The first-order valence-electron chi connectivity index (χ1n) is 4.52. The quantitative estimate of drug-likeness (QED) is 0.594. The monoisotopic (exact) mass is 221 g/mol. The number of rotatable bonds is 5. The Morgan fingerprint density at radius 3 is 2.47 bits per heavy atom. The second kappa shape index (κ2) is 5.70. The third-order valence-electron chi connectivity index (χ3n) is 1.87. The summed E-state index contributed by atoms with van der Waals surface area (Å²) in [5, 5.41) is 2.50. The Hall–Kier alpha value is -1.10. The van der Waals surface area contributed by atoms with E-state index in [1.54, 1.807) is 0 Å². The molecule has 84 valence electrons. The topological polar surface area (TPSA) is 12.0 Å². The summed E-state index contributed by atoms with van der Waals surface area (Å²) in [4.78, 5) is 0. The number of halogens is 4. The van der Waals surface area contributed by atoms with E-state index in [-0.39, 0.29) is 6.54 Å². The largest absolute Gasteiger partial charge is 0.311 e. The minimum absolute atomic E-state index is 0.315. The van der Waals surface area contributed by atoms with Crippen molar-refractivity contribution in [3.8, 4) is 0 Å². The van der Waals surface area contributed by atoms with Gasteiger partial charge in [-0.2, -0.15) is 0 Å². The van der Waals surface area contributed by atoms with Crippen LogP contribution in [0.5, 0.6) is 0 Å². The maximum atomic E-state index is 12.7. The van der Waals surface area contributed by atoms with Crippen molar-refractivity contribution in [2.45, 2.75) is 12.8 Å². The number of nitrogens with one attached hydrogen (secondary N) is 1. The summed E-state index contributed by atoms with van der Waals surface area (Å²) in [5.41, 5.74) is 0.579. The predicted molar refractivity (Wildman–Crippen MR) is 48.9 cm³/mol. The van der Waals surface area contributed by atoms with Gasteiger partial charge in [-0.25, -0.2) is 17.6 Å². The minimum atomic E-state index is -2.39. The highest BCUT2D eigenvalue weighted by molar-refractivity contribution is 5.17. The maximum absolute atomic E-state index is 12.7. The molecule has 1 nitrogen and oxygen atoms in total. The Labute approximate surface area is 85.1 Å². The van der Waals surface area contributed by atoms with Gasteiger partial charge in [0.05, 0.1) is 6.54 Å². The Morgan fingerprint density at radius 2 is 1.87 bits per heavy atom. The van der Waals surface area contributed by atoms with Gasteiger partial charge in [-0.1, -0.05) is 6.07 Å². The van der Waals surface area contributed by atoms with Crippen LogP contribution in [0.2, 0.25) is 0 Å². The van der Waals surface area contributed by atoms with E-state index in [9.17, 15) is 17.6 Å².